The van der Waals surface area contributed by atoms with Crippen molar-refractivity contribution < 1.29 is 9.90 Å². The monoisotopic (exact) mass is 269 g/mol. The summed E-state index contributed by atoms with van der Waals surface area (Å²) in [5.41, 5.74) is 0.872. The molecule has 17 heavy (non-hydrogen) atoms. The van der Waals surface area contributed by atoms with E-state index in [1.165, 1.54) is 11.3 Å². The van der Waals surface area contributed by atoms with E-state index in [0.29, 0.717) is 10.0 Å². The molecule has 0 bridgehead atoms. The second-order valence-corrected chi connectivity index (χ2v) is 4.31. The zero-order valence-electron chi connectivity index (χ0n) is 9.48. The highest BCUT2D eigenvalue weighted by molar-refractivity contribution is 7.17. The second-order valence-electron chi connectivity index (χ2n) is 2.84. The van der Waals surface area contributed by atoms with E-state index in [9.17, 15) is 4.79 Å². The van der Waals surface area contributed by atoms with Gasteiger partial charge in [-0.05, 0) is 24.3 Å². The molecule has 0 amide bonds. The number of hydrogen-bond donors (Lipinski definition) is 1. The standard InChI is InChI=1S/C10H6ClNO2S.C2H6/c11-9-4-1-6(5-12-9)7-2-3-8(15-7)10(13)14;1-2/h1-5H,(H,13,14);1-2H3. The summed E-state index contributed by atoms with van der Waals surface area (Å²) in [6.07, 6.45) is 1.62. The van der Waals surface area contributed by atoms with Gasteiger partial charge < -0.3 is 5.11 Å². The number of halogens is 1. The number of pyridine rings is 1. The van der Waals surface area contributed by atoms with E-state index < -0.39 is 5.97 Å². The maximum absolute atomic E-state index is 10.7. The third-order valence-electron chi connectivity index (χ3n) is 1.83. The van der Waals surface area contributed by atoms with Gasteiger partial charge in [0, 0.05) is 16.6 Å². The summed E-state index contributed by atoms with van der Waals surface area (Å²) >= 11 is 6.87. The highest BCUT2D eigenvalue weighted by atomic mass is 35.5. The molecule has 0 aromatic carbocycles. The molecule has 1 N–H and O–H groups in total. The Hall–Kier alpha value is -1.39. The molecule has 5 heteroatoms. The summed E-state index contributed by atoms with van der Waals surface area (Å²) in [5.74, 6) is -0.909. The van der Waals surface area contributed by atoms with E-state index >= 15 is 0 Å². The highest BCUT2D eigenvalue weighted by Gasteiger charge is 2.08. The van der Waals surface area contributed by atoms with Gasteiger partial charge in [0.25, 0.3) is 0 Å². The molecule has 90 valence electrons. The van der Waals surface area contributed by atoms with Gasteiger partial charge in [0.1, 0.15) is 10.0 Å². The molecule has 3 nitrogen and oxygen atoms in total. The molecule has 0 aliphatic rings. The first-order valence-corrected chi connectivity index (χ1v) is 6.31. The summed E-state index contributed by atoms with van der Waals surface area (Å²) in [5, 5.41) is 9.19. The number of rotatable bonds is 2. The third-order valence-corrected chi connectivity index (χ3v) is 3.17. The smallest absolute Gasteiger partial charge is 0.345 e. The number of carbonyl (C=O) groups is 1. The molecule has 0 saturated heterocycles. The number of nitrogens with zero attached hydrogens (tertiary/aromatic N) is 1. The third kappa shape index (κ3) is 3.54. The van der Waals surface area contributed by atoms with E-state index in [1.807, 2.05) is 19.9 Å². The van der Waals surface area contributed by atoms with Crippen LogP contribution in [0.5, 0.6) is 0 Å². The van der Waals surface area contributed by atoms with Crippen molar-refractivity contribution in [2.75, 3.05) is 0 Å². The molecule has 0 radical (unpaired) electrons. The van der Waals surface area contributed by atoms with Gasteiger partial charge >= 0.3 is 5.97 Å². The minimum atomic E-state index is -0.909. The fourth-order valence-corrected chi connectivity index (χ4v) is 2.08. The van der Waals surface area contributed by atoms with Crippen molar-refractivity contribution in [2.45, 2.75) is 13.8 Å². The van der Waals surface area contributed by atoms with Crippen molar-refractivity contribution in [3.8, 4) is 10.4 Å². The molecule has 0 fully saturated rings. The molecule has 2 aromatic heterocycles. The average Bonchev–Trinajstić information content (AvgIpc) is 2.82. The summed E-state index contributed by atoms with van der Waals surface area (Å²) in [6, 6.07) is 6.83. The van der Waals surface area contributed by atoms with Crippen molar-refractivity contribution in [2.24, 2.45) is 0 Å². The van der Waals surface area contributed by atoms with E-state index in [-0.39, 0.29) is 0 Å². The zero-order chi connectivity index (χ0) is 12.8. The second kappa shape index (κ2) is 6.37. The Morgan fingerprint density at radius 2 is 2.00 bits per heavy atom. The Morgan fingerprint density at radius 1 is 1.29 bits per heavy atom. The van der Waals surface area contributed by atoms with E-state index in [0.717, 1.165) is 10.4 Å². The Morgan fingerprint density at radius 3 is 2.47 bits per heavy atom. The van der Waals surface area contributed by atoms with Crippen LogP contribution in [0.2, 0.25) is 5.15 Å². The van der Waals surface area contributed by atoms with Crippen LogP contribution in [-0.4, -0.2) is 16.1 Å². The van der Waals surface area contributed by atoms with Gasteiger partial charge in [0.15, 0.2) is 0 Å². The van der Waals surface area contributed by atoms with Crippen LogP contribution in [0.15, 0.2) is 30.5 Å². The van der Waals surface area contributed by atoms with Gasteiger partial charge in [-0.2, -0.15) is 0 Å². The van der Waals surface area contributed by atoms with Crippen LogP contribution in [0.3, 0.4) is 0 Å². The van der Waals surface area contributed by atoms with Crippen LogP contribution < -0.4 is 0 Å². The molecule has 2 aromatic rings. The molecule has 0 saturated carbocycles. The first kappa shape index (κ1) is 13.7. The highest BCUT2D eigenvalue weighted by Crippen LogP contribution is 2.27. The largest absolute Gasteiger partial charge is 0.477 e. The maximum atomic E-state index is 10.7. The van der Waals surface area contributed by atoms with Crippen LogP contribution in [0, 0.1) is 0 Å². The Balaban J connectivity index is 0.000000686. The van der Waals surface area contributed by atoms with Crippen molar-refractivity contribution in [1.29, 1.82) is 0 Å². The van der Waals surface area contributed by atoms with E-state index in [4.69, 9.17) is 16.7 Å². The lowest BCUT2D eigenvalue weighted by Crippen LogP contribution is -1.89. The molecule has 2 rings (SSSR count). The minimum absolute atomic E-state index is 0.319. The normalized spacial score (nSPS) is 9.35. The zero-order valence-corrected chi connectivity index (χ0v) is 11.0. The number of carboxylic acid groups (broad SMARTS) is 1. The van der Waals surface area contributed by atoms with Crippen LogP contribution in [0.1, 0.15) is 23.5 Å². The number of hydrogen-bond acceptors (Lipinski definition) is 3. The quantitative estimate of drug-likeness (QED) is 0.832. The number of thiophene rings is 1. The Bertz CT molecular complexity index is 493. The number of aromatic carboxylic acids is 1. The van der Waals surface area contributed by atoms with Crippen LogP contribution in [0.25, 0.3) is 10.4 Å². The molecule has 0 aliphatic heterocycles. The average molecular weight is 270 g/mol. The summed E-state index contributed by atoms with van der Waals surface area (Å²) in [7, 11) is 0. The Kier molecular flexibility index (Phi) is 5.12. The summed E-state index contributed by atoms with van der Waals surface area (Å²) in [4.78, 5) is 15.8. The van der Waals surface area contributed by atoms with Gasteiger partial charge in [-0.25, -0.2) is 9.78 Å². The van der Waals surface area contributed by atoms with Gasteiger partial charge in [0.05, 0.1) is 0 Å². The topological polar surface area (TPSA) is 50.2 Å². The lowest BCUT2D eigenvalue weighted by atomic mass is 10.2. The lowest BCUT2D eigenvalue weighted by molar-refractivity contribution is 0.0702. The van der Waals surface area contributed by atoms with Gasteiger partial charge in [-0.3, -0.25) is 0 Å². The number of aromatic nitrogens is 1. The molecule has 0 atom stereocenters. The van der Waals surface area contributed by atoms with Gasteiger partial charge in [-0.1, -0.05) is 25.4 Å². The molecular weight excluding hydrogens is 258 g/mol. The SMILES string of the molecule is CC.O=C(O)c1ccc(-c2ccc(Cl)nc2)s1. The first-order valence-electron chi connectivity index (χ1n) is 5.12. The first-order chi connectivity index (χ1) is 8.16. The van der Waals surface area contributed by atoms with Crippen LogP contribution in [0.4, 0.5) is 0 Å². The lowest BCUT2D eigenvalue weighted by Gasteiger charge is -1.95. The van der Waals surface area contributed by atoms with E-state index in [2.05, 4.69) is 4.98 Å². The van der Waals surface area contributed by atoms with Crippen molar-refractivity contribution >= 4 is 28.9 Å². The number of carboxylic acids is 1. The predicted molar refractivity (Wildman–Crippen MR) is 70.9 cm³/mol. The molecule has 2 heterocycles. The predicted octanol–water partition coefficient (Wildman–Crippen LogP) is 4.19. The maximum Gasteiger partial charge on any atom is 0.345 e. The summed E-state index contributed by atoms with van der Waals surface area (Å²) in [6.45, 7) is 4.00. The minimum Gasteiger partial charge on any atom is -0.477 e. The molecular formula is C12H12ClNO2S. The van der Waals surface area contributed by atoms with E-state index in [1.54, 1.807) is 24.4 Å². The van der Waals surface area contributed by atoms with Crippen molar-refractivity contribution in [1.82, 2.24) is 4.98 Å². The fourth-order valence-electron chi connectivity index (χ4n) is 1.13. The molecule has 0 spiro atoms. The van der Waals surface area contributed by atoms with Crippen LogP contribution >= 0.6 is 22.9 Å². The molecule has 0 aliphatic carbocycles. The van der Waals surface area contributed by atoms with Crippen LogP contribution in [-0.2, 0) is 0 Å². The van der Waals surface area contributed by atoms with Crippen molar-refractivity contribution in [3.63, 3.8) is 0 Å². The van der Waals surface area contributed by atoms with Crippen molar-refractivity contribution in [3.05, 3.63) is 40.5 Å². The summed E-state index contributed by atoms with van der Waals surface area (Å²) < 4.78 is 0. The Labute approximate surface area is 109 Å². The molecule has 0 unspecified atom stereocenters. The fraction of sp³-hybridized carbons (Fsp3) is 0.167. The van der Waals surface area contributed by atoms with Gasteiger partial charge in [0.2, 0.25) is 0 Å². The van der Waals surface area contributed by atoms with Gasteiger partial charge in [-0.15, -0.1) is 11.3 Å².